The fourth-order valence-electron chi connectivity index (χ4n) is 4.14. The van der Waals surface area contributed by atoms with Crippen LogP contribution in [0.15, 0.2) is 4.79 Å². The van der Waals surface area contributed by atoms with Gasteiger partial charge in [-0.25, -0.2) is 4.98 Å². The largest absolute Gasteiger partial charge is 0.378 e. The van der Waals surface area contributed by atoms with Gasteiger partial charge in [-0.15, -0.1) is 0 Å². The molecule has 1 aromatic heterocycles. The van der Waals surface area contributed by atoms with Crippen molar-refractivity contribution in [3.05, 3.63) is 27.4 Å². The molecule has 144 valence electrons. The smallest absolute Gasteiger partial charge is 0.254 e. The summed E-state index contributed by atoms with van der Waals surface area (Å²) in [5.74, 6) is 0.632. The number of ether oxygens (including phenoxy) is 2. The van der Waals surface area contributed by atoms with Gasteiger partial charge in [0.1, 0.15) is 5.82 Å². The number of aromatic nitrogens is 2. The van der Waals surface area contributed by atoms with Crippen molar-refractivity contribution < 1.29 is 14.3 Å². The molecule has 2 saturated heterocycles. The zero-order valence-corrected chi connectivity index (χ0v) is 16.0. The van der Waals surface area contributed by atoms with E-state index >= 15 is 0 Å². The van der Waals surface area contributed by atoms with E-state index in [-0.39, 0.29) is 29.6 Å². The first kappa shape index (κ1) is 19.0. The zero-order valence-electron chi connectivity index (χ0n) is 16.0. The minimum Gasteiger partial charge on any atom is -0.378 e. The number of nitrogens with zero attached hydrogens (tertiary/aromatic N) is 2. The van der Waals surface area contributed by atoms with E-state index in [0.29, 0.717) is 36.6 Å². The molecule has 1 atom stereocenters. The van der Waals surface area contributed by atoms with Gasteiger partial charge in [0.2, 0.25) is 5.91 Å². The summed E-state index contributed by atoms with van der Waals surface area (Å²) in [7, 11) is 1.74. The second kappa shape index (κ2) is 7.88. The Morgan fingerprint density at radius 3 is 2.77 bits per heavy atom. The van der Waals surface area contributed by atoms with E-state index in [2.05, 4.69) is 9.97 Å². The van der Waals surface area contributed by atoms with Gasteiger partial charge in [-0.3, -0.25) is 9.59 Å². The van der Waals surface area contributed by atoms with Crippen LogP contribution in [0.5, 0.6) is 0 Å². The number of methoxy groups -OCH3 is 1. The summed E-state index contributed by atoms with van der Waals surface area (Å²) in [6.45, 7) is 5.76. The van der Waals surface area contributed by atoms with Crippen LogP contribution in [0.1, 0.15) is 49.7 Å². The highest BCUT2D eigenvalue weighted by molar-refractivity contribution is 5.79. The molecule has 7 heteroatoms. The molecule has 3 heterocycles. The van der Waals surface area contributed by atoms with Crippen LogP contribution in [0.25, 0.3) is 0 Å². The molecule has 0 aromatic carbocycles. The lowest BCUT2D eigenvalue weighted by molar-refractivity contribution is -0.188. The number of H-pyrrole nitrogens is 1. The van der Waals surface area contributed by atoms with Crippen molar-refractivity contribution in [3.63, 3.8) is 0 Å². The van der Waals surface area contributed by atoms with Crippen LogP contribution in [-0.4, -0.2) is 59.3 Å². The molecule has 1 aromatic rings. The first-order chi connectivity index (χ1) is 12.5. The number of amides is 1. The summed E-state index contributed by atoms with van der Waals surface area (Å²) >= 11 is 0. The van der Waals surface area contributed by atoms with Gasteiger partial charge in [-0.2, -0.15) is 0 Å². The van der Waals surface area contributed by atoms with Crippen molar-refractivity contribution in [1.29, 1.82) is 0 Å². The van der Waals surface area contributed by atoms with Crippen LogP contribution in [-0.2, 0) is 27.1 Å². The van der Waals surface area contributed by atoms with E-state index in [4.69, 9.17) is 9.47 Å². The molecule has 0 unspecified atom stereocenters. The molecule has 0 saturated carbocycles. The van der Waals surface area contributed by atoms with Crippen LogP contribution in [0.2, 0.25) is 0 Å². The van der Waals surface area contributed by atoms with Gasteiger partial charge in [-0.05, 0) is 32.6 Å². The van der Waals surface area contributed by atoms with E-state index in [0.717, 1.165) is 32.3 Å². The quantitative estimate of drug-likeness (QED) is 0.873. The fraction of sp³-hybridized carbons (Fsp3) is 0.737. The average Bonchev–Trinajstić information content (AvgIpc) is 2.65. The maximum Gasteiger partial charge on any atom is 0.254 e. The summed E-state index contributed by atoms with van der Waals surface area (Å²) in [6.07, 6.45) is 4.45. The standard InChI is InChI=1S/C19H29N3O4/c1-4-16-20-13(2)14(18(24)21-16)12-17(23)22-9-7-19(8-10-22)15(25-3)6-5-11-26-19/h15H,4-12H2,1-3H3,(H,20,21,24)/t15-/m1/s1. The number of aromatic amines is 1. The van der Waals surface area contributed by atoms with Crippen molar-refractivity contribution in [2.45, 2.75) is 64.1 Å². The second-order valence-corrected chi connectivity index (χ2v) is 7.27. The van der Waals surface area contributed by atoms with E-state index < -0.39 is 0 Å². The summed E-state index contributed by atoms with van der Waals surface area (Å²) in [5, 5.41) is 0. The Kier molecular flexibility index (Phi) is 5.77. The SMILES string of the molecule is CCc1nc(C)c(CC(=O)N2CCC3(CC2)OCCC[C@H]3OC)c(=O)[nH]1. The minimum absolute atomic E-state index is 0.0238. The molecule has 7 nitrogen and oxygen atoms in total. The zero-order chi connectivity index (χ0) is 18.7. The third kappa shape index (κ3) is 3.69. The Morgan fingerprint density at radius 2 is 2.15 bits per heavy atom. The molecule has 0 radical (unpaired) electrons. The maximum atomic E-state index is 12.7. The molecule has 2 fully saturated rings. The molecule has 1 N–H and O–H groups in total. The highest BCUT2D eigenvalue weighted by atomic mass is 16.5. The molecule has 0 bridgehead atoms. The Balaban J connectivity index is 1.65. The van der Waals surface area contributed by atoms with E-state index in [1.54, 1.807) is 14.0 Å². The van der Waals surface area contributed by atoms with E-state index in [1.807, 2.05) is 11.8 Å². The Labute approximate surface area is 154 Å². The fourth-order valence-corrected chi connectivity index (χ4v) is 4.14. The van der Waals surface area contributed by atoms with Crippen LogP contribution in [0.4, 0.5) is 0 Å². The highest BCUT2D eigenvalue weighted by Crippen LogP contribution is 2.36. The van der Waals surface area contributed by atoms with Gasteiger partial charge < -0.3 is 19.4 Å². The molecule has 26 heavy (non-hydrogen) atoms. The van der Waals surface area contributed by atoms with E-state index in [9.17, 15) is 9.59 Å². The van der Waals surface area contributed by atoms with Gasteiger partial charge in [0.15, 0.2) is 0 Å². The lowest BCUT2D eigenvalue weighted by Crippen LogP contribution is -2.56. The Bertz CT molecular complexity index is 707. The van der Waals surface area contributed by atoms with Crippen LogP contribution < -0.4 is 5.56 Å². The lowest BCUT2D eigenvalue weighted by Gasteiger charge is -2.48. The molecular weight excluding hydrogens is 334 g/mol. The molecule has 1 spiro atoms. The van der Waals surface area contributed by atoms with Gasteiger partial charge in [0, 0.05) is 44.5 Å². The van der Waals surface area contributed by atoms with Crippen LogP contribution >= 0.6 is 0 Å². The molecule has 2 aliphatic heterocycles. The van der Waals surface area contributed by atoms with E-state index in [1.165, 1.54) is 0 Å². The Hall–Kier alpha value is -1.73. The molecular formula is C19H29N3O4. The summed E-state index contributed by atoms with van der Waals surface area (Å²) in [5.41, 5.74) is 0.645. The third-order valence-electron chi connectivity index (χ3n) is 5.77. The number of rotatable bonds is 4. The van der Waals surface area contributed by atoms with Crippen molar-refractivity contribution >= 4 is 5.91 Å². The summed E-state index contributed by atoms with van der Waals surface area (Å²) < 4.78 is 11.7. The van der Waals surface area contributed by atoms with Crippen molar-refractivity contribution in [2.24, 2.45) is 0 Å². The lowest BCUT2D eigenvalue weighted by atomic mass is 9.81. The van der Waals surface area contributed by atoms with Crippen molar-refractivity contribution in [1.82, 2.24) is 14.9 Å². The Morgan fingerprint density at radius 1 is 1.42 bits per heavy atom. The van der Waals surface area contributed by atoms with Crippen LogP contribution in [0, 0.1) is 6.92 Å². The predicted octanol–water partition coefficient (Wildman–Crippen LogP) is 1.37. The van der Waals surface area contributed by atoms with Crippen LogP contribution in [0.3, 0.4) is 0 Å². The van der Waals surface area contributed by atoms with Crippen molar-refractivity contribution in [3.8, 4) is 0 Å². The highest BCUT2D eigenvalue weighted by Gasteiger charge is 2.45. The summed E-state index contributed by atoms with van der Waals surface area (Å²) in [4.78, 5) is 34.0. The number of carbonyl (C=O) groups excluding carboxylic acids is 1. The number of likely N-dealkylation sites (tertiary alicyclic amines) is 1. The number of nitrogens with one attached hydrogen (secondary N) is 1. The van der Waals surface area contributed by atoms with Gasteiger partial charge in [0.05, 0.1) is 18.1 Å². The number of hydrogen-bond donors (Lipinski definition) is 1. The van der Waals surface area contributed by atoms with Gasteiger partial charge in [-0.1, -0.05) is 6.92 Å². The third-order valence-corrected chi connectivity index (χ3v) is 5.77. The summed E-state index contributed by atoms with van der Waals surface area (Å²) in [6, 6.07) is 0. The molecule has 3 rings (SSSR count). The number of carbonyl (C=O) groups is 1. The number of hydrogen-bond acceptors (Lipinski definition) is 5. The first-order valence-electron chi connectivity index (χ1n) is 9.52. The number of piperidine rings is 1. The maximum absolute atomic E-state index is 12.7. The normalized spacial score (nSPS) is 22.6. The average molecular weight is 363 g/mol. The van der Waals surface area contributed by atoms with Gasteiger partial charge >= 0.3 is 0 Å². The topological polar surface area (TPSA) is 84.5 Å². The number of aryl methyl sites for hydroxylation is 2. The second-order valence-electron chi connectivity index (χ2n) is 7.27. The first-order valence-corrected chi connectivity index (χ1v) is 9.52. The predicted molar refractivity (Wildman–Crippen MR) is 97.2 cm³/mol. The molecule has 0 aliphatic carbocycles. The molecule has 2 aliphatic rings. The monoisotopic (exact) mass is 363 g/mol. The minimum atomic E-state index is -0.262. The van der Waals surface area contributed by atoms with Crippen molar-refractivity contribution in [2.75, 3.05) is 26.8 Å². The van der Waals surface area contributed by atoms with Gasteiger partial charge in [0.25, 0.3) is 5.56 Å². The molecule has 1 amide bonds.